The molecule has 0 aliphatic heterocycles. The molecule has 1 N–H and O–H groups in total. The topological polar surface area (TPSA) is 33.1 Å². The predicted molar refractivity (Wildman–Crippen MR) is 87.1 cm³/mol. The lowest BCUT2D eigenvalue weighted by Gasteiger charge is -2.10. The maximum atomic E-state index is 10.0. The third-order valence-corrected chi connectivity index (χ3v) is 3.57. The van der Waals surface area contributed by atoms with Crippen molar-refractivity contribution in [1.82, 2.24) is 4.98 Å². The van der Waals surface area contributed by atoms with Gasteiger partial charge in [0, 0.05) is 17.4 Å². The van der Waals surface area contributed by atoms with Crippen molar-refractivity contribution in [2.75, 3.05) is 0 Å². The standard InChI is InChI=1S/C19H17NO/c1-14(21)17(13-15-7-3-2-4-8-15)19-12-11-16-9-5-6-10-18(16)20-19/h2-12,21H,13H2,1H3/b17-14-. The number of aromatic nitrogens is 1. The maximum Gasteiger partial charge on any atom is 0.0948 e. The normalized spacial score (nSPS) is 12.2. The average Bonchev–Trinajstić information content (AvgIpc) is 2.53. The van der Waals surface area contributed by atoms with E-state index in [0.29, 0.717) is 12.2 Å². The first-order chi connectivity index (χ1) is 10.2. The predicted octanol–water partition coefficient (Wildman–Crippen LogP) is 4.77. The van der Waals surface area contributed by atoms with E-state index in [1.165, 1.54) is 0 Å². The van der Waals surface area contributed by atoms with Crippen LogP contribution in [0.15, 0.2) is 72.5 Å². The van der Waals surface area contributed by atoms with Gasteiger partial charge in [-0.2, -0.15) is 0 Å². The van der Waals surface area contributed by atoms with Crippen LogP contribution < -0.4 is 0 Å². The third-order valence-electron chi connectivity index (χ3n) is 3.57. The summed E-state index contributed by atoms with van der Waals surface area (Å²) in [6, 6.07) is 22.2. The summed E-state index contributed by atoms with van der Waals surface area (Å²) < 4.78 is 0. The second-order valence-corrected chi connectivity index (χ2v) is 5.12. The van der Waals surface area contributed by atoms with Gasteiger partial charge in [0.1, 0.15) is 0 Å². The second-order valence-electron chi connectivity index (χ2n) is 5.12. The number of pyridine rings is 1. The smallest absolute Gasteiger partial charge is 0.0948 e. The lowest BCUT2D eigenvalue weighted by Crippen LogP contribution is -1.97. The molecule has 0 aliphatic rings. The van der Waals surface area contributed by atoms with Crippen LogP contribution >= 0.6 is 0 Å². The fourth-order valence-electron chi connectivity index (χ4n) is 2.44. The van der Waals surface area contributed by atoms with E-state index < -0.39 is 0 Å². The minimum Gasteiger partial charge on any atom is -0.512 e. The highest BCUT2D eigenvalue weighted by Gasteiger charge is 2.09. The van der Waals surface area contributed by atoms with Crippen molar-refractivity contribution in [1.29, 1.82) is 0 Å². The van der Waals surface area contributed by atoms with Gasteiger partial charge < -0.3 is 5.11 Å². The lowest BCUT2D eigenvalue weighted by molar-refractivity contribution is 0.415. The van der Waals surface area contributed by atoms with Crippen LogP contribution in [-0.2, 0) is 6.42 Å². The molecule has 3 rings (SSSR count). The number of fused-ring (bicyclic) bond motifs is 1. The van der Waals surface area contributed by atoms with Crippen molar-refractivity contribution < 1.29 is 5.11 Å². The number of aliphatic hydroxyl groups is 1. The van der Waals surface area contributed by atoms with E-state index in [1.807, 2.05) is 54.6 Å². The number of hydrogen-bond donors (Lipinski definition) is 1. The Morgan fingerprint density at radius 2 is 1.62 bits per heavy atom. The molecule has 2 aromatic carbocycles. The molecule has 0 unspecified atom stereocenters. The molecule has 0 saturated heterocycles. The van der Waals surface area contributed by atoms with E-state index in [-0.39, 0.29) is 0 Å². The van der Waals surface area contributed by atoms with Gasteiger partial charge in [-0.3, -0.25) is 0 Å². The zero-order valence-electron chi connectivity index (χ0n) is 12.0. The summed E-state index contributed by atoms with van der Waals surface area (Å²) in [5.74, 6) is 0.321. The number of aliphatic hydroxyl groups excluding tert-OH is 1. The molecule has 1 heterocycles. The summed E-state index contributed by atoms with van der Waals surface area (Å²) in [6.45, 7) is 1.72. The fraction of sp³-hybridized carbons (Fsp3) is 0.105. The molecular weight excluding hydrogens is 258 g/mol. The Morgan fingerprint density at radius 1 is 0.905 bits per heavy atom. The van der Waals surface area contributed by atoms with Crippen LogP contribution in [0.4, 0.5) is 0 Å². The minimum absolute atomic E-state index is 0.321. The Kier molecular flexibility index (Phi) is 3.69. The molecule has 0 fully saturated rings. The molecule has 0 spiro atoms. The summed E-state index contributed by atoms with van der Waals surface area (Å²) in [6.07, 6.45) is 0.675. The molecule has 0 radical (unpaired) electrons. The van der Waals surface area contributed by atoms with E-state index >= 15 is 0 Å². The number of benzene rings is 2. The molecule has 0 amide bonds. The SMILES string of the molecule is C/C(O)=C(\Cc1ccccc1)c1ccc2ccccc2n1. The van der Waals surface area contributed by atoms with Gasteiger partial charge in [0.05, 0.1) is 17.0 Å². The van der Waals surface area contributed by atoms with Crippen molar-refractivity contribution in [3.63, 3.8) is 0 Å². The highest BCUT2D eigenvalue weighted by molar-refractivity contribution is 5.81. The molecule has 104 valence electrons. The molecule has 3 aromatic rings. The zero-order valence-corrected chi connectivity index (χ0v) is 12.0. The largest absolute Gasteiger partial charge is 0.512 e. The van der Waals surface area contributed by atoms with Gasteiger partial charge in [0.25, 0.3) is 0 Å². The molecule has 0 aliphatic carbocycles. The van der Waals surface area contributed by atoms with Crippen molar-refractivity contribution in [3.8, 4) is 0 Å². The summed E-state index contributed by atoms with van der Waals surface area (Å²) in [5, 5.41) is 11.1. The molecular formula is C19H17NO. The minimum atomic E-state index is 0.321. The Balaban J connectivity index is 2.02. The monoisotopic (exact) mass is 275 g/mol. The number of rotatable bonds is 3. The van der Waals surface area contributed by atoms with Gasteiger partial charge in [-0.25, -0.2) is 4.98 Å². The van der Waals surface area contributed by atoms with E-state index in [9.17, 15) is 5.11 Å². The van der Waals surface area contributed by atoms with Crippen LogP contribution in [0.3, 0.4) is 0 Å². The Hall–Kier alpha value is -2.61. The first kappa shape index (κ1) is 13.4. The molecule has 0 atom stereocenters. The highest BCUT2D eigenvalue weighted by Crippen LogP contribution is 2.23. The van der Waals surface area contributed by atoms with Crippen LogP contribution in [0.1, 0.15) is 18.2 Å². The molecule has 2 heteroatoms. The quantitative estimate of drug-likeness (QED) is 0.699. The van der Waals surface area contributed by atoms with Crippen LogP contribution in [0.2, 0.25) is 0 Å². The van der Waals surface area contributed by atoms with Crippen molar-refractivity contribution in [3.05, 3.63) is 83.7 Å². The molecule has 2 nitrogen and oxygen atoms in total. The number of allylic oxidation sites excluding steroid dienone is 2. The van der Waals surface area contributed by atoms with E-state index in [1.54, 1.807) is 6.92 Å². The fourth-order valence-corrected chi connectivity index (χ4v) is 2.44. The van der Waals surface area contributed by atoms with Gasteiger partial charge in [0.15, 0.2) is 0 Å². The summed E-state index contributed by atoms with van der Waals surface area (Å²) in [7, 11) is 0. The molecule has 0 bridgehead atoms. The van der Waals surface area contributed by atoms with Gasteiger partial charge in [-0.05, 0) is 24.6 Å². The van der Waals surface area contributed by atoms with Crippen LogP contribution in [0.5, 0.6) is 0 Å². The second kappa shape index (κ2) is 5.80. The molecule has 0 saturated carbocycles. The van der Waals surface area contributed by atoms with Crippen molar-refractivity contribution in [2.24, 2.45) is 0 Å². The zero-order chi connectivity index (χ0) is 14.7. The van der Waals surface area contributed by atoms with Crippen molar-refractivity contribution in [2.45, 2.75) is 13.3 Å². The number of para-hydroxylation sites is 1. The van der Waals surface area contributed by atoms with Gasteiger partial charge in [0.2, 0.25) is 0 Å². The summed E-state index contributed by atoms with van der Waals surface area (Å²) in [5.41, 5.74) is 3.81. The van der Waals surface area contributed by atoms with E-state index in [2.05, 4.69) is 17.1 Å². The lowest BCUT2D eigenvalue weighted by atomic mass is 10.0. The summed E-state index contributed by atoms with van der Waals surface area (Å²) in [4.78, 5) is 4.68. The van der Waals surface area contributed by atoms with E-state index in [4.69, 9.17) is 0 Å². The molecule has 1 aromatic heterocycles. The average molecular weight is 275 g/mol. The Bertz CT molecular complexity index is 787. The maximum absolute atomic E-state index is 10.0. The first-order valence-electron chi connectivity index (χ1n) is 7.03. The van der Waals surface area contributed by atoms with E-state index in [0.717, 1.165) is 27.7 Å². The van der Waals surface area contributed by atoms with Gasteiger partial charge >= 0.3 is 0 Å². The Labute approximate surface area is 124 Å². The number of nitrogens with zero attached hydrogens (tertiary/aromatic N) is 1. The molecule has 21 heavy (non-hydrogen) atoms. The van der Waals surface area contributed by atoms with Gasteiger partial charge in [-0.15, -0.1) is 0 Å². The number of hydrogen-bond acceptors (Lipinski definition) is 2. The van der Waals surface area contributed by atoms with Gasteiger partial charge in [-0.1, -0.05) is 54.6 Å². The van der Waals surface area contributed by atoms with Crippen LogP contribution in [0, 0.1) is 0 Å². The third kappa shape index (κ3) is 2.95. The van der Waals surface area contributed by atoms with Crippen molar-refractivity contribution >= 4 is 16.5 Å². The first-order valence-corrected chi connectivity index (χ1v) is 7.03. The van der Waals surface area contributed by atoms with Crippen LogP contribution in [-0.4, -0.2) is 10.1 Å². The summed E-state index contributed by atoms with van der Waals surface area (Å²) >= 11 is 0. The highest BCUT2D eigenvalue weighted by atomic mass is 16.3. The van der Waals surface area contributed by atoms with Crippen LogP contribution in [0.25, 0.3) is 16.5 Å². The Morgan fingerprint density at radius 3 is 2.38 bits per heavy atom.